The predicted octanol–water partition coefficient (Wildman–Crippen LogP) is 4.26. The lowest BCUT2D eigenvalue weighted by atomic mass is 10.0. The van der Waals surface area contributed by atoms with Crippen molar-refractivity contribution in [1.29, 1.82) is 0 Å². The summed E-state index contributed by atoms with van der Waals surface area (Å²) in [6.45, 7) is 16.4. The summed E-state index contributed by atoms with van der Waals surface area (Å²) < 4.78 is 4.94. The van der Waals surface area contributed by atoms with E-state index in [9.17, 15) is 9.59 Å². The fourth-order valence-corrected chi connectivity index (χ4v) is 4.94. The maximum Gasteiger partial charge on any atom is 0.224 e. The Kier molecular flexibility index (Phi) is 14.8. The molecule has 0 saturated heterocycles. The van der Waals surface area contributed by atoms with Crippen LogP contribution in [0.4, 0.5) is 5.00 Å². The van der Waals surface area contributed by atoms with Gasteiger partial charge in [0.2, 0.25) is 5.91 Å². The lowest BCUT2D eigenvalue weighted by Gasteiger charge is -2.28. The van der Waals surface area contributed by atoms with Crippen LogP contribution in [0.3, 0.4) is 0 Å². The fourth-order valence-electron chi connectivity index (χ4n) is 3.70. The van der Waals surface area contributed by atoms with Crippen molar-refractivity contribution < 1.29 is 14.3 Å². The second-order valence-electron chi connectivity index (χ2n) is 8.01. The number of aliphatic imine (C=N–C) groups is 1. The molecule has 1 aliphatic heterocycles. The standard InChI is InChI=1S/C17H27N5OS.C10H14O2/c1-4-21(10-7-19-2)8-6-16(23)22-9-5-13-14(11-18)17(20-3)24-15(13)12-22;1-4-10(12-3)8-9(2)6-5-7-11/h7,10,20H,2,4-6,8-9,11-12,18H2,1,3H3;4,7-8H,1-2,5-6H2,3H3/b10-7-;10-8+. The Labute approximate surface area is 219 Å². The Morgan fingerprint density at radius 2 is 2.14 bits per heavy atom. The quantitative estimate of drug-likeness (QED) is 0.166. The molecule has 0 unspecified atom stereocenters. The summed E-state index contributed by atoms with van der Waals surface area (Å²) in [4.78, 5) is 31.6. The minimum absolute atomic E-state index is 0.202. The van der Waals surface area contributed by atoms with Gasteiger partial charge in [-0.15, -0.1) is 11.3 Å². The Balaban J connectivity index is 0.000000457. The van der Waals surface area contributed by atoms with E-state index in [0.29, 0.717) is 44.7 Å². The second kappa shape index (κ2) is 17.3. The van der Waals surface area contributed by atoms with Gasteiger partial charge < -0.3 is 30.4 Å². The number of nitrogens with zero attached hydrogens (tertiary/aromatic N) is 3. The molecule has 1 aromatic heterocycles. The van der Waals surface area contributed by atoms with Gasteiger partial charge in [0, 0.05) is 68.9 Å². The van der Waals surface area contributed by atoms with Crippen molar-refractivity contribution in [2.24, 2.45) is 10.7 Å². The molecule has 2 heterocycles. The lowest BCUT2D eigenvalue weighted by Crippen LogP contribution is -2.37. The first-order valence-corrected chi connectivity index (χ1v) is 12.9. The van der Waals surface area contributed by atoms with Crippen molar-refractivity contribution in [1.82, 2.24) is 9.80 Å². The molecule has 0 aromatic carbocycles. The van der Waals surface area contributed by atoms with Crippen LogP contribution < -0.4 is 11.1 Å². The van der Waals surface area contributed by atoms with Crippen molar-refractivity contribution in [3.63, 3.8) is 0 Å². The van der Waals surface area contributed by atoms with E-state index in [2.05, 4.69) is 42.0 Å². The molecule has 36 heavy (non-hydrogen) atoms. The molecule has 3 N–H and O–H groups in total. The van der Waals surface area contributed by atoms with Crippen molar-refractivity contribution in [3.8, 4) is 0 Å². The average Bonchev–Trinajstić information content (AvgIpc) is 3.27. The molecule has 0 saturated carbocycles. The summed E-state index contributed by atoms with van der Waals surface area (Å²) in [7, 11) is 3.49. The summed E-state index contributed by atoms with van der Waals surface area (Å²) in [6, 6.07) is 0. The summed E-state index contributed by atoms with van der Waals surface area (Å²) in [5.74, 6) is 0.874. The summed E-state index contributed by atoms with van der Waals surface area (Å²) in [6.07, 6.45) is 10.4. The van der Waals surface area contributed by atoms with Gasteiger partial charge in [-0.05, 0) is 44.2 Å². The van der Waals surface area contributed by atoms with Gasteiger partial charge in [-0.3, -0.25) is 9.79 Å². The van der Waals surface area contributed by atoms with Crippen LogP contribution in [0.5, 0.6) is 0 Å². The smallest absolute Gasteiger partial charge is 0.224 e. The zero-order chi connectivity index (χ0) is 26.9. The van der Waals surface area contributed by atoms with Crippen LogP contribution in [0.25, 0.3) is 0 Å². The van der Waals surface area contributed by atoms with Crippen LogP contribution in [-0.2, 0) is 33.8 Å². The van der Waals surface area contributed by atoms with Crippen molar-refractivity contribution in [3.05, 3.63) is 65.0 Å². The maximum absolute atomic E-state index is 12.5. The summed E-state index contributed by atoms with van der Waals surface area (Å²) in [5.41, 5.74) is 9.31. The Morgan fingerprint density at radius 1 is 1.39 bits per heavy atom. The maximum atomic E-state index is 12.5. The molecule has 1 amide bonds. The summed E-state index contributed by atoms with van der Waals surface area (Å²) in [5, 5.41) is 4.36. The van der Waals surface area contributed by atoms with E-state index in [4.69, 9.17) is 10.5 Å². The van der Waals surface area contributed by atoms with Gasteiger partial charge in [-0.2, -0.15) is 0 Å². The molecule has 8 nitrogen and oxygen atoms in total. The number of anilines is 1. The van der Waals surface area contributed by atoms with Gasteiger partial charge in [0.25, 0.3) is 0 Å². The van der Waals surface area contributed by atoms with Gasteiger partial charge in [-0.25, -0.2) is 0 Å². The predicted molar refractivity (Wildman–Crippen MR) is 151 cm³/mol. The number of rotatable bonds is 14. The number of fused-ring (bicyclic) bond motifs is 1. The number of amides is 1. The third kappa shape index (κ3) is 9.83. The van der Waals surface area contributed by atoms with Crippen LogP contribution in [-0.4, -0.2) is 62.5 Å². The molecule has 0 fully saturated rings. The second-order valence-corrected chi connectivity index (χ2v) is 9.11. The van der Waals surface area contributed by atoms with E-state index in [0.717, 1.165) is 36.4 Å². The van der Waals surface area contributed by atoms with Gasteiger partial charge in [0.15, 0.2) is 0 Å². The van der Waals surface area contributed by atoms with Crippen LogP contribution >= 0.6 is 11.3 Å². The van der Waals surface area contributed by atoms with Crippen molar-refractivity contribution >= 4 is 35.2 Å². The normalized spacial score (nSPS) is 12.8. The molecule has 0 spiro atoms. The highest BCUT2D eigenvalue weighted by atomic mass is 32.1. The van der Waals surface area contributed by atoms with Gasteiger partial charge in [-0.1, -0.05) is 18.7 Å². The van der Waals surface area contributed by atoms with E-state index in [1.165, 1.54) is 16.0 Å². The van der Waals surface area contributed by atoms with Gasteiger partial charge in [0.1, 0.15) is 12.0 Å². The van der Waals surface area contributed by atoms with Crippen molar-refractivity contribution in [2.45, 2.75) is 45.7 Å². The number of hydrogen-bond donors (Lipinski definition) is 2. The third-order valence-electron chi connectivity index (χ3n) is 5.72. The Morgan fingerprint density at radius 3 is 2.69 bits per heavy atom. The number of thiophene rings is 1. The number of hydrogen-bond acceptors (Lipinski definition) is 8. The molecule has 198 valence electrons. The van der Waals surface area contributed by atoms with Gasteiger partial charge in [0.05, 0.1) is 18.7 Å². The first kappa shape index (κ1) is 30.9. The number of nitrogens with two attached hydrogens (primary N) is 1. The van der Waals surface area contributed by atoms with E-state index in [-0.39, 0.29) is 5.91 Å². The highest BCUT2D eigenvalue weighted by Gasteiger charge is 2.25. The monoisotopic (exact) mass is 515 g/mol. The van der Waals surface area contributed by atoms with Crippen LogP contribution in [0.1, 0.15) is 42.2 Å². The summed E-state index contributed by atoms with van der Waals surface area (Å²) >= 11 is 1.72. The van der Waals surface area contributed by atoms with E-state index in [1.807, 2.05) is 18.1 Å². The fraction of sp³-hybridized carbons (Fsp3) is 0.444. The molecule has 0 atom stereocenters. The number of allylic oxidation sites excluding steroid dienone is 3. The van der Waals surface area contributed by atoms with E-state index < -0.39 is 0 Å². The zero-order valence-electron chi connectivity index (χ0n) is 21.9. The molecule has 1 aromatic rings. The first-order chi connectivity index (χ1) is 17.4. The minimum atomic E-state index is 0.202. The number of methoxy groups -OCH3 is 1. The number of nitrogens with one attached hydrogen (secondary N) is 1. The Bertz CT molecular complexity index is 951. The topological polar surface area (TPSA) is 100 Å². The molecule has 2 rings (SSSR count). The minimum Gasteiger partial charge on any atom is -0.497 e. The molecule has 0 bridgehead atoms. The number of ether oxygens (including phenoxy) is 1. The highest BCUT2D eigenvalue weighted by molar-refractivity contribution is 7.16. The van der Waals surface area contributed by atoms with Gasteiger partial charge >= 0.3 is 0 Å². The number of carbonyl (C=O) groups is 2. The zero-order valence-corrected chi connectivity index (χ0v) is 22.7. The van der Waals surface area contributed by atoms with Crippen LogP contribution in [0, 0.1) is 0 Å². The van der Waals surface area contributed by atoms with Crippen LogP contribution in [0.2, 0.25) is 0 Å². The lowest BCUT2D eigenvalue weighted by molar-refractivity contribution is -0.132. The highest BCUT2D eigenvalue weighted by Crippen LogP contribution is 2.36. The molecule has 0 radical (unpaired) electrons. The van der Waals surface area contributed by atoms with Crippen molar-refractivity contribution in [2.75, 3.05) is 39.1 Å². The Hall–Kier alpha value is -3.17. The number of carbonyl (C=O) groups excluding carboxylic acids is 2. The average molecular weight is 516 g/mol. The molecule has 0 aliphatic carbocycles. The van der Waals surface area contributed by atoms with E-state index in [1.54, 1.807) is 36.8 Å². The third-order valence-corrected chi connectivity index (χ3v) is 7.00. The number of aldehydes is 1. The SMILES string of the molecule is C=C/C(=C\C(=C)CCC=O)OC.C=N/C=C\N(CC)CCC(=O)N1CCc2c(sc(NC)c2CN)C1. The molecule has 9 heteroatoms. The first-order valence-electron chi connectivity index (χ1n) is 12.0. The molecular formula is C27H41N5O3S. The molecular weight excluding hydrogens is 474 g/mol. The van der Waals surface area contributed by atoms with Crippen LogP contribution in [0.15, 0.2) is 54.0 Å². The molecule has 1 aliphatic rings. The largest absolute Gasteiger partial charge is 0.497 e. The van der Waals surface area contributed by atoms with E-state index >= 15 is 0 Å².